The number of hydrogen-bond acceptors (Lipinski definition) is 2. The predicted octanol–water partition coefficient (Wildman–Crippen LogP) is 3.43. The second kappa shape index (κ2) is 14.6. The van der Waals surface area contributed by atoms with E-state index in [1.54, 1.807) is 0 Å². The van der Waals surface area contributed by atoms with Crippen molar-refractivity contribution in [1.29, 1.82) is 0 Å². The van der Waals surface area contributed by atoms with Gasteiger partial charge in [0.05, 0.1) is 6.61 Å². The second-order valence-electron chi connectivity index (χ2n) is 2.15. The Bertz CT molecular complexity index is 101. The molecular weight excluding hydrogens is 341 g/mol. The Balaban J connectivity index is 0. The van der Waals surface area contributed by atoms with Crippen LogP contribution in [-0.2, 0) is 22.7 Å². The van der Waals surface area contributed by atoms with Crippen LogP contribution in [0.25, 0.3) is 0 Å². The van der Waals surface area contributed by atoms with Gasteiger partial charge in [0.1, 0.15) is 0 Å². The van der Waals surface area contributed by atoms with Crippen molar-refractivity contribution < 1.29 is 22.7 Å². The third kappa shape index (κ3) is 22.5. The fourth-order valence-corrected chi connectivity index (χ4v) is 0.568. The van der Waals surface area contributed by atoms with Crippen molar-refractivity contribution in [3.05, 3.63) is 0 Å². The van der Waals surface area contributed by atoms with Crippen molar-refractivity contribution in [2.75, 3.05) is 6.61 Å². The summed E-state index contributed by atoms with van der Waals surface area (Å²) in [5, 5.41) is 0. The molecule has 0 aromatic heterocycles. The van der Waals surface area contributed by atoms with E-state index in [4.69, 9.17) is 4.74 Å². The van der Waals surface area contributed by atoms with Crippen molar-refractivity contribution in [3.8, 4) is 0 Å². The minimum absolute atomic E-state index is 0.175. The van der Waals surface area contributed by atoms with Crippen LogP contribution in [0.15, 0.2) is 0 Å². The Morgan fingerprint density at radius 2 is 1.92 bits per heavy atom. The Morgan fingerprint density at radius 1 is 1.42 bits per heavy atom. The van der Waals surface area contributed by atoms with Crippen LogP contribution in [0.2, 0.25) is 0 Å². The van der Waals surface area contributed by atoms with Crippen LogP contribution in [0.1, 0.15) is 33.1 Å². The van der Waals surface area contributed by atoms with E-state index in [9.17, 15) is 4.79 Å². The summed E-state index contributed by atoms with van der Waals surface area (Å²) in [4.78, 5) is 10.2. The molecule has 0 amide bonds. The van der Waals surface area contributed by atoms with Crippen molar-refractivity contribution >= 4 is 33.2 Å². The van der Waals surface area contributed by atoms with Gasteiger partial charge in [-0.05, 0) is 6.42 Å². The maximum absolute atomic E-state index is 10.2. The predicted molar refractivity (Wildman–Crippen MR) is 54.0 cm³/mol. The van der Waals surface area contributed by atoms with E-state index in [1.807, 2.05) is 0 Å². The molecule has 0 N–H and O–H groups in total. The summed E-state index contributed by atoms with van der Waals surface area (Å²) in [5.41, 5.74) is 0. The number of carbonyl (C=O) groups excluding carboxylic acids is 1. The van der Waals surface area contributed by atoms with Crippen molar-refractivity contribution in [2.24, 2.45) is 0 Å². The summed E-state index contributed by atoms with van der Waals surface area (Å²) in [5.74, 6) is -0.175. The fourth-order valence-electron chi connectivity index (χ4n) is 0.568. The first-order valence-electron chi connectivity index (χ1n) is 3.94. The summed E-state index contributed by atoms with van der Waals surface area (Å²) in [7, 11) is 0. The molecule has 0 heterocycles. The van der Waals surface area contributed by atoms with Crippen molar-refractivity contribution in [3.63, 3.8) is 0 Å². The molecule has 0 fully saturated rings. The molecule has 0 aromatic rings. The molecule has 0 aliphatic rings. The number of esters is 1. The number of ether oxygens (including phenoxy) is 1. The van der Waals surface area contributed by atoms with Gasteiger partial charge in [-0.1, -0.05) is 19.8 Å². The molecule has 70 valence electrons. The number of carbonyl (C=O) groups is 1. The van der Waals surface area contributed by atoms with Gasteiger partial charge in [-0.2, -0.15) is 0 Å². The molecule has 5 heteroatoms. The Labute approximate surface area is 95.1 Å². The standard InChI is InChI=1S/C7H14O2.2BrH.Zn/c1-3-4-5-6-9-7(2)8;;;/h3-6H2,1-2H3;2*1H;/q;;;+2/p-2. The summed E-state index contributed by atoms with van der Waals surface area (Å²) < 4.78 is 4.70. The number of rotatable bonds is 4. The molecule has 0 saturated carbocycles. The van der Waals surface area contributed by atoms with E-state index in [-0.39, 0.29) is 19.2 Å². The van der Waals surface area contributed by atoms with Gasteiger partial charge in [0, 0.05) is 6.92 Å². The van der Waals surface area contributed by atoms with Gasteiger partial charge < -0.3 is 4.74 Å². The van der Waals surface area contributed by atoms with E-state index < -0.39 is 0 Å². The quantitative estimate of drug-likeness (QED) is 0.439. The molecule has 0 unspecified atom stereocenters. The van der Waals surface area contributed by atoms with E-state index in [0.29, 0.717) is 6.61 Å². The molecule has 0 rings (SSSR count). The van der Waals surface area contributed by atoms with Gasteiger partial charge >= 0.3 is 46.4 Å². The van der Waals surface area contributed by atoms with Crippen LogP contribution in [0.4, 0.5) is 0 Å². The molecule has 0 atom stereocenters. The molecule has 0 aromatic carbocycles. The third-order valence-electron chi connectivity index (χ3n) is 1.05. The monoisotopic (exact) mass is 352 g/mol. The third-order valence-corrected chi connectivity index (χ3v) is 1.05. The van der Waals surface area contributed by atoms with E-state index >= 15 is 0 Å². The SMILES string of the molecule is CCCCCOC(C)=O.[Br][Zn][Br]. The zero-order valence-corrected chi connectivity index (χ0v) is 13.7. The summed E-state index contributed by atoms with van der Waals surface area (Å²) in [6.07, 6.45) is 3.31. The zero-order chi connectivity index (χ0) is 9.82. The van der Waals surface area contributed by atoms with Crippen LogP contribution in [0.3, 0.4) is 0 Å². The Morgan fingerprint density at radius 3 is 2.25 bits per heavy atom. The van der Waals surface area contributed by atoms with Crippen LogP contribution in [-0.4, -0.2) is 12.6 Å². The number of halogens is 2. The molecular formula is C7H14Br2O2Zn. The fraction of sp³-hybridized carbons (Fsp3) is 0.857. The van der Waals surface area contributed by atoms with Crippen LogP contribution < -0.4 is 0 Å². The first-order chi connectivity index (χ1) is 5.68. The second-order valence-corrected chi connectivity index (χ2v) is 16.2. The van der Waals surface area contributed by atoms with E-state index in [2.05, 4.69) is 34.2 Å². The van der Waals surface area contributed by atoms with Crippen molar-refractivity contribution in [2.45, 2.75) is 33.1 Å². The van der Waals surface area contributed by atoms with Gasteiger partial charge in [0.15, 0.2) is 0 Å². The molecule has 2 nitrogen and oxygen atoms in total. The van der Waals surface area contributed by atoms with Gasteiger partial charge in [0.25, 0.3) is 0 Å². The van der Waals surface area contributed by atoms with Crippen LogP contribution >= 0.6 is 27.2 Å². The van der Waals surface area contributed by atoms with Gasteiger partial charge in [-0.15, -0.1) is 0 Å². The maximum atomic E-state index is 10.2. The molecule has 0 saturated heterocycles. The van der Waals surface area contributed by atoms with Gasteiger partial charge in [-0.25, -0.2) is 0 Å². The first kappa shape index (κ1) is 15.5. The molecule has 0 aliphatic heterocycles. The molecule has 0 radical (unpaired) electrons. The van der Waals surface area contributed by atoms with Crippen molar-refractivity contribution in [1.82, 2.24) is 0 Å². The van der Waals surface area contributed by atoms with Crippen LogP contribution in [0, 0.1) is 0 Å². The molecule has 0 aliphatic carbocycles. The number of hydrogen-bond donors (Lipinski definition) is 0. The van der Waals surface area contributed by atoms with Gasteiger partial charge in [-0.3, -0.25) is 4.79 Å². The van der Waals surface area contributed by atoms with Crippen LogP contribution in [0.5, 0.6) is 0 Å². The molecule has 0 bridgehead atoms. The Hall–Kier alpha value is 1.05. The average molecular weight is 355 g/mol. The average Bonchev–Trinajstić information content (AvgIpc) is 1.99. The van der Waals surface area contributed by atoms with Gasteiger partial charge in [0.2, 0.25) is 0 Å². The first-order valence-corrected chi connectivity index (χ1v) is 17.8. The zero-order valence-electron chi connectivity index (χ0n) is 7.61. The topological polar surface area (TPSA) is 26.3 Å². The molecule has 12 heavy (non-hydrogen) atoms. The summed E-state index contributed by atoms with van der Waals surface area (Å²) >= 11 is 6.25. The number of unbranched alkanes of at least 4 members (excludes halogenated alkanes) is 2. The normalized spacial score (nSPS) is 7.67. The minimum atomic E-state index is -0.250. The van der Waals surface area contributed by atoms with E-state index in [1.165, 1.54) is 13.3 Å². The Kier molecular flexibility index (Phi) is 18.8. The summed E-state index contributed by atoms with van der Waals surface area (Å²) in [6.45, 7) is 4.14. The molecule has 0 spiro atoms. The van der Waals surface area contributed by atoms with E-state index in [0.717, 1.165) is 12.8 Å². The summed E-state index contributed by atoms with van der Waals surface area (Å²) in [6, 6.07) is 0.